The molecule has 3 atom stereocenters. The fourth-order valence-electron chi connectivity index (χ4n) is 4.00. The van der Waals surface area contributed by atoms with Crippen LogP contribution in [0.25, 0.3) is 0 Å². The number of nitrogens with one attached hydrogen (secondary N) is 1. The predicted octanol–water partition coefficient (Wildman–Crippen LogP) is 4.26. The van der Waals surface area contributed by atoms with Gasteiger partial charge in [0.15, 0.2) is 6.04 Å². The number of nitrogens with zero attached hydrogens (tertiary/aromatic N) is 4. The number of thiazole rings is 1. The quantitative estimate of drug-likeness (QED) is 0.817. The van der Waals surface area contributed by atoms with Crippen molar-refractivity contribution in [2.24, 2.45) is 5.92 Å². The van der Waals surface area contributed by atoms with Crippen LogP contribution >= 0.6 is 11.3 Å². The monoisotopic (exact) mass is 413 g/mol. The maximum atomic E-state index is 13.7. The molecule has 1 saturated heterocycles. The number of likely N-dealkylation sites (tertiary alicyclic amines) is 1. The number of hydrogen-bond acceptors (Lipinski definition) is 5. The second kappa shape index (κ2) is 7.06. The first-order valence-corrected chi connectivity index (χ1v) is 10.3. The highest BCUT2D eigenvalue weighted by molar-refractivity contribution is 7.07. The van der Waals surface area contributed by atoms with Gasteiger partial charge in [-0.05, 0) is 25.2 Å². The predicted molar refractivity (Wildman–Crippen MR) is 99.3 cm³/mol. The lowest BCUT2D eigenvalue weighted by atomic mass is 9.94. The fourth-order valence-corrected chi connectivity index (χ4v) is 4.53. The van der Waals surface area contributed by atoms with Crippen molar-refractivity contribution in [3.8, 4) is 0 Å². The molecule has 1 amide bonds. The van der Waals surface area contributed by atoms with E-state index in [0.29, 0.717) is 30.2 Å². The highest BCUT2D eigenvalue weighted by Crippen LogP contribution is 2.42. The molecule has 0 aliphatic carbocycles. The lowest BCUT2D eigenvalue weighted by Gasteiger charge is -2.35. The molecular formula is C18H22F3N5OS. The van der Waals surface area contributed by atoms with Crippen molar-refractivity contribution in [3.05, 3.63) is 28.3 Å². The summed E-state index contributed by atoms with van der Waals surface area (Å²) in [6.07, 6.45) is -2.97. The molecule has 1 N–H and O–H groups in total. The normalized spacial score (nSPS) is 25.1. The zero-order chi connectivity index (χ0) is 20.1. The Balaban J connectivity index is 1.66. The Hall–Kier alpha value is -2.10. The number of aromatic nitrogens is 3. The van der Waals surface area contributed by atoms with E-state index in [1.807, 2.05) is 13.8 Å². The van der Waals surface area contributed by atoms with Crippen molar-refractivity contribution in [1.29, 1.82) is 0 Å². The molecule has 4 rings (SSSR count). The molecule has 2 aliphatic heterocycles. The molecule has 2 aliphatic rings. The third-order valence-corrected chi connectivity index (χ3v) is 6.14. The van der Waals surface area contributed by atoms with Crippen LogP contribution in [0.15, 0.2) is 17.0 Å². The van der Waals surface area contributed by atoms with Gasteiger partial charge in [-0.15, -0.1) is 11.3 Å². The highest BCUT2D eigenvalue weighted by Gasteiger charge is 2.47. The lowest BCUT2D eigenvalue weighted by Crippen LogP contribution is -2.41. The maximum Gasteiger partial charge on any atom is 0.410 e. The number of fused-ring (bicyclic) bond motifs is 1. The van der Waals surface area contributed by atoms with E-state index in [-0.39, 0.29) is 30.3 Å². The molecule has 4 heterocycles. The number of carbonyl (C=O) groups is 1. The van der Waals surface area contributed by atoms with Crippen LogP contribution in [0, 0.1) is 5.92 Å². The summed E-state index contributed by atoms with van der Waals surface area (Å²) >= 11 is 1.34. The number of amides is 1. The molecule has 1 fully saturated rings. The summed E-state index contributed by atoms with van der Waals surface area (Å²) in [6, 6.07) is -0.598. The third kappa shape index (κ3) is 3.38. The first kappa shape index (κ1) is 19.2. The van der Waals surface area contributed by atoms with Crippen LogP contribution in [-0.4, -0.2) is 44.3 Å². The summed E-state index contributed by atoms with van der Waals surface area (Å²) in [5, 5.41) is 9.20. The highest BCUT2D eigenvalue weighted by atomic mass is 32.1. The van der Waals surface area contributed by atoms with Gasteiger partial charge >= 0.3 is 6.18 Å². The minimum atomic E-state index is -4.38. The summed E-state index contributed by atoms with van der Waals surface area (Å²) in [7, 11) is 0. The molecule has 2 aromatic heterocycles. The largest absolute Gasteiger partial charge is 0.410 e. The van der Waals surface area contributed by atoms with Crippen molar-refractivity contribution >= 4 is 23.1 Å². The Bertz CT molecular complexity index is 848. The zero-order valence-corrected chi connectivity index (χ0v) is 16.4. The average Bonchev–Trinajstić information content (AvgIpc) is 3.38. The van der Waals surface area contributed by atoms with Gasteiger partial charge in [0, 0.05) is 24.0 Å². The van der Waals surface area contributed by atoms with Crippen LogP contribution in [0.2, 0.25) is 0 Å². The first-order chi connectivity index (χ1) is 13.3. The average molecular weight is 413 g/mol. The molecule has 0 aromatic carbocycles. The van der Waals surface area contributed by atoms with Crippen molar-refractivity contribution in [3.63, 3.8) is 0 Å². The zero-order valence-electron chi connectivity index (χ0n) is 15.6. The molecule has 0 radical (unpaired) electrons. The molecule has 0 saturated carbocycles. The van der Waals surface area contributed by atoms with Crippen LogP contribution in [0.4, 0.5) is 19.0 Å². The van der Waals surface area contributed by atoms with E-state index in [1.165, 1.54) is 11.3 Å². The SMILES string of the molecule is CC(C)[C@@H]1C[C@H](C(F)(F)F)n2nc([C@H]3CCCN3C(=O)c3cscn3)cc2N1. The molecule has 10 heteroatoms. The summed E-state index contributed by atoms with van der Waals surface area (Å²) in [5.41, 5.74) is 2.46. The van der Waals surface area contributed by atoms with Crippen LogP contribution in [0.5, 0.6) is 0 Å². The molecule has 0 bridgehead atoms. The Morgan fingerprint density at radius 1 is 1.39 bits per heavy atom. The van der Waals surface area contributed by atoms with E-state index in [4.69, 9.17) is 0 Å². The second-order valence-electron chi connectivity index (χ2n) is 7.72. The molecule has 152 valence electrons. The third-order valence-electron chi connectivity index (χ3n) is 5.55. The first-order valence-electron chi connectivity index (χ1n) is 9.37. The van der Waals surface area contributed by atoms with Gasteiger partial charge < -0.3 is 10.2 Å². The van der Waals surface area contributed by atoms with Crippen LogP contribution in [0.3, 0.4) is 0 Å². The maximum absolute atomic E-state index is 13.7. The Kier molecular flexibility index (Phi) is 4.84. The number of hydrogen-bond donors (Lipinski definition) is 1. The Morgan fingerprint density at radius 2 is 2.18 bits per heavy atom. The van der Waals surface area contributed by atoms with E-state index in [2.05, 4.69) is 15.4 Å². The topological polar surface area (TPSA) is 63.1 Å². The lowest BCUT2D eigenvalue weighted by molar-refractivity contribution is -0.174. The van der Waals surface area contributed by atoms with Crippen molar-refractivity contribution in [2.75, 3.05) is 11.9 Å². The van der Waals surface area contributed by atoms with Crippen molar-refractivity contribution < 1.29 is 18.0 Å². The molecule has 6 nitrogen and oxygen atoms in total. The molecule has 0 spiro atoms. The van der Waals surface area contributed by atoms with E-state index >= 15 is 0 Å². The minimum Gasteiger partial charge on any atom is -0.367 e. The van der Waals surface area contributed by atoms with Crippen LogP contribution < -0.4 is 5.32 Å². The Morgan fingerprint density at radius 3 is 2.82 bits per heavy atom. The smallest absolute Gasteiger partial charge is 0.367 e. The summed E-state index contributed by atoms with van der Waals surface area (Å²) in [4.78, 5) is 18.5. The van der Waals surface area contributed by atoms with Crippen LogP contribution in [-0.2, 0) is 0 Å². The molecule has 0 unspecified atom stereocenters. The standard InChI is InChI=1S/C18H22F3N5OS/c1-10(2)11-6-15(18(19,20)21)26-16(23-11)7-12(24-26)14-4-3-5-25(14)17(27)13-8-28-9-22-13/h7-11,14-15,23H,3-6H2,1-2H3/t11-,14+,15+/m0/s1. The second-order valence-corrected chi connectivity index (χ2v) is 8.44. The van der Waals surface area contributed by atoms with E-state index in [9.17, 15) is 18.0 Å². The van der Waals surface area contributed by atoms with E-state index < -0.39 is 12.2 Å². The summed E-state index contributed by atoms with van der Waals surface area (Å²) in [5.74, 6) is 0.233. The van der Waals surface area contributed by atoms with E-state index in [1.54, 1.807) is 21.9 Å². The summed E-state index contributed by atoms with van der Waals surface area (Å²) < 4.78 is 42.1. The molecule has 28 heavy (non-hydrogen) atoms. The minimum absolute atomic E-state index is 0.0541. The van der Waals surface area contributed by atoms with Gasteiger partial charge in [0.2, 0.25) is 0 Å². The van der Waals surface area contributed by atoms with Gasteiger partial charge in [-0.1, -0.05) is 13.8 Å². The van der Waals surface area contributed by atoms with Gasteiger partial charge in [-0.3, -0.25) is 4.79 Å². The van der Waals surface area contributed by atoms with Crippen molar-refractivity contribution in [2.45, 2.75) is 57.4 Å². The van der Waals surface area contributed by atoms with E-state index in [0.717, 1.165) is 11.1 Å². The van der Waals surface area contributed by atoms with Gasteiger partial charge in [0.05, 0.1) is 17.2 Å². The number of rotatable bonds is 3. The van der Waals surface area contributed by atoms with Gasteiger partial charge in [0.25, 0.3) is 5.91 Å². The molecule has 2 aromatic rings. The Labute approximate surface area is 164 Å². The van der Waals surface area contributed by atoms with Gasteiger partial charge in [0.1, 0.15) is 11.5 Å². The molecular weight excluding hydrogens is 391 g/mol. The van der Waals surface area contributed by atoms with Crippen molar-refractivity contribution in [1.82, 2.24) is 19.7 Å². The number of alkyl halides is 3. The van der Waals surface area contributed by atoms with Gasteiger partial charge in [-0.2, -0.15) is 18.3 Å². The fraction of sp³-hybridized carbons (Fsp3) is 0.611. The van der Waals surface area contributed by atoms with Crippen LogP contribution in [0.1, 0.15) is 61.4 Å². The number of anilines is 1. The number of carbonyl (C=O) groups excluding carboxylic acids is 1. The summed E-state index contributed by atoms with van der Waals surface area (Å²) in [6.45, 7) is 4.36. The number of halogens is 3. The van der Waals surface area contributed by atoms with Gasteiger partial charge in [-0.25, -0.2) is 9.67 Å².